The first-order chi connectivity index (χ1) is 6.95. The number of nitrogens with one attached hydrogen (secondary N) is 1. The number of carbonyl (C=O) groups excluding carboxylic acids is 1. The number of aromatic amines is 1. The number of aromatic nitrogens is 1. The Bertz CT molecular complexity index is 423. The number of hydrogen-bond acceptors (Lipinski definition) is 2. The van der Waals surface area contributed by atoms with Crippen molar-refractivity contribution >= 4 is 40.6 Å². The second-order valence-electron chi connectivity index (χ2n) is 2.59. The van der Waals surface area contributed by atoms with Gasteiger partial charge in [0.1, 0.15) is 6.61 Å². The summed E-state index contributed by atoms with van der Waals surface area (Å²) in [4.78, 5) is 14.1. The number of hydrogen-bond donors (Lipinski definition) is 2. The molecule has 3 nitrogen and oxygen atoms in total. The standard InChI is InChI=1S/C9H6Cl3NO2/c10-9(11,12)8(15)7-4-6(5-13-7)2-1-3-14/h4-5,13-14H,3H2. The quantitative estimate of drug-likeness (QED) is 0.463. The van der Waals surface area contributed by atoms with Gasteiger partial charge in [-0.25, -0.2) is 0 Å². The second-order valence-corrected chi connectivity index (χ2v) is 4.87. The number of Topliss-reactive ketones (excluding diaryl/α,β-unsaturated/α-hetero) is 1. The Balaban J connectivity index is 2.90. The van der Waals surface area contributed by atoms with Crippen LogP contribution in [0.5, 0.6) is 0 Å². The van der Waals surface area contributed by atoms with Crippen molar-refractivity contribution in [3.05, 3.63) is 23.5 Å². The molecular formula is C9H6Cl3NO2. The molecule has 15 heavy (non-hydrogen) atoms. The molecule has 0 bridgehead atoms. The minimum absolute atomic E-state index is 0.164. The third kappa shape index (κ3) is 3.44. The predicted molar refractivity (Wildman–Crippen MR) is 59.4 cm³/mol. The summed E-state index contributed by atoms with van der Waals surface area (Å²) < 4.78 is -1.98. The Hall–Kier alpha value is -0.660. The van der Waals surface area contributed by atoms with Crippen molar-refractivity contribution in [3.63, 3.8) is 0 Å². The molecule has 0 unspecified atom stereocenters. The molecule has 0 aromatic carbocycles. The zero-order chi connectivity index (χ0) is 11.5. The van der Waals surface area contributed by atoms with Crippen molar-refractivity contribution < 1.29 is 9.90 Å². The first kappa shape index (κ1) is 12.4. The fraction of sp³-hybridized carbons (Fsp3) is 0.222. The summed E-state index contributed by atoms with van der Waals surface area (Å²) in [5, 5.41) is 8.46. The van der Waals surface area contributed by atoms with Crippen molar-refractivity contribution in [2.24, 2.45) is 0 Å². The molecule has 0 radical (unpaired) electrons. The molecule has 0 spiro atoms. The van der Waals surface area contributed by atoms with Gasteiger partial charge in [-0.2, -0.15) is 0 Å². The molecule has 2 N–H and O–H groups in total. The van der Waals surface area contributed by atoms with Crippen LogP contribution < -0.4 is 0 Å². The van der Waals surface area contributed by atoms with Crippen LogP contribution in [0.1, 0.15) is 16.1 Å². The van der Waals surface area contributed by atoms with Gasteiger partial charge >= 0.3 is 0 Å². The third-order valence-corrected chi connectivity index (χ3v) is 2.01. The Kier molecular flexibility index (Phi) is 4.06. The van der Waals surface area contributed by atoms with Gasteiger partial charge < -0.3 is 10.1 Å². The summed E-state index contributed by atoms with van der Waals surface area (Å²) >= 11 is 16.3. The van der Waals surface area contributed by atoms with Crippen molar-refractivity contribution in [2.45, 2.75) is 3.79 Å². The monoisotopic (exact) mass is 265 g/mol. The summed E-state index contributed by atoms with van der Waals surface area (Å²) in [5.41, 5.74) is 0.707. The fourth-order valence-electron chi connectivity index (χ4n) is 0.892. The Morgan fingerprint density at radius 1 is 1.53 bits per heavy atom. The summed E-state index contributed by atoms with van der Waals surface area (Å²) in [5.74, 6) is 4.39. The van der Waals surface area contributed by atoms with Gasteiger partial charge in [-0.1, -0.05) is 46.6 Å². The van der Waals surface area contributed by atoms with Crippen LogP contribution in [0.3, 0.4) is 0 Å². The highest BCUT2D eigenvalue weighted by molar-refractivity contribution is 6.77. The molecule has 0 saturated carbocycles. The van der Waals surface area contributed by atoms with Crippen LogP contribution in [0.25, 0.3) is 0 Å². The molecule has 0 atom stereocenters. The van der Waals surface area contributed by atoms with Crippen molar-refractivity contribution in [2.75, 3.05) is 6.61 Å². The minimum atomic E-state index is -1.98. The highest BCUT2D eigenvalue weighted by atomic mass is 35.6. The fourth-order valence-corrected chi connectivity index (χ4v) is 1.20. The molecular weight excluding hydrogens is 260 g/mol. The number of H-pyrrole nitrogens is 1. The van der Waals surface area contributed by atoms with E-state index >= 15 is 0 Å². The molecule has 1 aromatic heterocycles. The van der Waals surface area contributed by atoms with E-state index in [1.54, 1.807) is 0 Å². The lowest BCUT2D eigenvalue weighted by atomic mass is 10.2. The number of ketones is 1. The first-order valence-corrected chi connectivity index (χ1v) is 4.98. The smallest absolute Gasteiger partial charge is 0.254 e. The topological polar surface area (TPSA) is 53.1 Å². The van der Waals surface area contributed by atoms with Crippen LogP contribution in [0.15, 0.2) is 12.3 Å². The zero-order valence-corrected chi connectivity index (χ0v) is 9.62. The van der Waals surface area contributed by atoms with E-state index in [2.05, 4.69) is 16.8 Å². The molecule has 0 fully saturated rings. The number of rotatable bonds is 1. The van der Waals surface area contributed by atoms with E-state index in [0.29, 0.717) is 5.56 Å². The normalized spacial score (nSPS) is 10.7. The van der Waals surface area contributed by atoms with Gasteiger partial charge in [0.2, 0.25) is 5.78 Å². The van der Waals surface area contributed by atoms with E-state index in [1.807, 2.05) is 0 Å². The lowest BCUT2D eigenvalue weighted by Crippen LogP contribution is -2.19. The summed E-state index contributed by atoms with van der Waals surface area (Å²) in [6.07, 6.45) is 1.49. The van der Waals surface area contributed by atoms with Gasteiger partial charge in [-0.3, -0.25) is 4.79 Å². The van der Waals surface area contributed by atoms with Crippen LogP contribution in [-0.2, 0) is 0 Å². The molecule has 0 saturated heterocycles. The van der Waals surface area contributed by atoms with Crippen molar-refractivity contribution in [3.8, 4) is 11.8 Å². The molecule has 1 heterocycles. The maximum Gasteiger partial charge on any atom is 0.254 e. The molecule has 1 rings (SSSR count). The van der Waals surface area contributed by atoms with E-state index < -0.39 is 9.58 Å². The molecule has 0 amide bonds. The van der Waals surface area contributed by atoms with Crippen LogP contribution >= 0.6 is 34.8 Å². The second kappa shape index (κ2) is 4.91. The molecule has 0 aliphatic rings. The number of halogens is 3. The summed E-state index contributed by atoms with van der Waals surface area (Å²) in [6.45, 7) is -0.251. The Morgan fingerprint density at radius 3 is 2.73 bits per heavy atom. The van der Waals surface area contributed by atoms with E-state index in [0.717, 1.165) is 0 Å². The van der Waals surface area contributed by atoms with Crippen LogP contribution in [0, 0.1) is 11.8 Å². The minimum Gasteiger partial charge on any atom is -0.384 e. The zero-order valence-electron chi connectivity index (χ0n) is 7.35. The Labute approximate surface area is 101 Å². The first-order valence-electron chi connectivity index (χ1n) is 3.85. The van der Waals surface area contributed by atoms with Gasteiger partial charge in [-0.15, -0.1) is 0 Å². The summed E-state index contributed by atoms with van der Waals surface area (Å²) in [7, 11) is 0. The van der Waals surface area contributed by atoms with Gasteiger partial charge in [-0.05, 0) is 6.07 Å². The van der Waals surface area contributed by atoms with Crippen molar-refractivity contribution in [1.82, 2.24) is 4.98 Å². The lowest BCUT2D eigenvalue weighted by molar-refractivity contribution is 0.0992. The molecule has 1 aromatic rings. The maximum absolute atomic E-state index is 11.4. The largest absolute Gasteiger partial charge is 0.384 e. The van der Waals surface area contributed by atoms with E-state index in [4.69, 9.17) is 39.9 Å². The molecule has 80 valence electrons. The van der Waals surface area contributed by atoms with E-state index in [-0.39, 0.29) is 12.3 Å². The molecule has 6 heteroatoms. The van der Waals surface area contributed by atoms with Gasteiger partial charge in [0.25, 0.3) is 3.79 Å². The molecule has 0 aliphatic carbocycles. The van der Waals surface area contributed by atoms with Gasteiger partial charge in [0.15, 0.2) is 0 Å². The highest BCUT2D eigenvalue weighted by Crippen LogP contribution is 2.30. The van der Waals surface area contributed by atoms with E-state index in [1.165, 1.54) is 12.3 Å². The van der Waals surface area contributed by atoms with Crippen LogP contribution in [0.4, 0.5) is 0 Å². The number of carbonyl (C=O) groups is 1. The predicted octanol–water partition coefficient (Wildman–Crippen LogP) is 1.91. The highest BCUT2D eigenvalue weighted by Gasteiger charge is 2.32. The van der Waals surface area contributed by atoms with Gasteiger partial charge in [0, 0.05) is 11.8 Å². The number of alkyl halides is 3. The maximum atomic E-state index is 11.4. The summed E-state index contributed by atoms with van der Waals surface area (Å²) in [6, 6.07) is 1.45. The Morgan fingerprint density at radius 2 is 2.20 bits per heavy atom. The lowest BCUT2D eigenvalue weighted by Gasteiger charge is -2.06. The van der Waals surface area contributed by atoms with Gasteiger partial charge in [0.05, 0.1) is 5.69 Å². The average molecular weight is 267 g/mol. The van der Waals surface area contributed by atoms with Crippen molar-refractivity contribution in [1.29, 1.82) is 0 Å². The van der Waals surface area contributed by atoms with E-state index in [9.17, 15) is 4.79 Å². The average Bonchev–Trinajstić information content (AvgIpc) is 2.60. The molecule has 0 aliphatic heterocycles. The van der Waals surface area contributed by atoms with Crippen LogP contribution in [0.2, 0.25) is 0 Å². The SMILES string of the molecule is O=C(c1cc(C#CCO)c[nH]1)C(Cl)(Cl)Cl. The number of aliphatic hydroxyl groups is 1. The number of aliphatic hydroxyl groups excluding tert-OH is 1. The third-order valence-electron chi connectivity index (χ3n) is 1.50. The van der Waals surface area contributed by atoms with Crippen LogP contribution in [-0.4, -0.2) is 26.3 Å².